The quantitative estimate of drug-likeness (QED) is 0.819. The fourth-order valence-electron chi connectivity index (χ4n) is 1.50. The summed E-state index contributed by atoms with van der Waals surface area (Å²) >= 11 is 6.41. The predicted molar refractivity (Wildman–Crippen MR) is 69.1 cm³/mol. The van der Waals surface area contributed by atoms with Crippen molar-refractivity contribution in [1.82, 2.24) is 5.32 Å². The van der Waals surface area contributed by atoms with E-state index in [0.717, 1.165) is 4.47 Å². The van der Waals surface area contributed by atoms with E-state index in [2.05, 4.69) is 37.2 Å². The number of carbonyl (C=O) groups is 1. The number of carbonyl (C=O) groups excluding carboxylic acids is 1. The molecule has 0 radical (unpaired) electrons. The zero-order chi connectivity index (χ0) is 13.9. The summed E-state index contributed by atoms with van der Waals surface area (Å²) in [5.74, 6) is -0.501. The Morgan fingerprint density at radius 1 is 1.39 bits per heavy atom. The predicted octanol–water partition coefficient (Wildman–Crippen LogP) is 4.34. The maximum Gasteiger partial charge on any atom is 0.391 e. The molecular formula is C11H10Br2F3NO. The molecule has 0 heterocycles. The van der Waals surface area contributed by atoms with E-state index in [4.69, 9.17) is 0 Å². The fraction of sp³-hybridized carbons (Fsp3) is 0.364. The van der Waals surface area contributed by atoms with Crippen LogP contribution < -0.4 is 5.32 Å². The second-order valence-corrected chi connectivity index (χ2v) is 5.51. The van der Waals surface area contributed by atoms with Crippen molar-refractivity contribution in [2.45, 2.75) is 25.6 Å². The van der Waals surface area contributed by atoms with Gasteiger partial charge in [-0.05, 0) is 17.7 Å². The number of nitrogens with one attached hydrogen (secondary N) is 1. The lowest BCUT2D eigenvalue weighted by Gasteiger charge is -2.21. The molecule has 1 aromatic carbocycles. The maximum absolute atomic E-state index is 12.5. The lowest BCUT2D eigenvalue weighted by Crippen LogP contribution is -2.30. The van der Waals surface area contributed by atoms with Crippen LogP contribution >= 0.6 is 31.9 Å². The second-order valence-electron chi connectivity index (χ2n) is 3.74. The molecule has 0 aliphatic heterocycles. The van der Waals surface area contributed by atoms with Gasteiger partial charge in [-0.25, -0.2) is 0 Å². The first kappa shape index (κ1) is 15.5. The second kappa shape index (κ2) is 6.06. The van der Waals surface area contributed by atoms with Crippen molar-refractivity contribution >= 4 is 37.8 Å². The molecule has 0 aliphatic rings. The van der Waals surface area contributed by atoms with Gasteiger partial charge in [0.2, 0.25) is 5.91 Å². The summed E-state index contributed by atoms with van der Waals surface area (Å²) in [6.45, 7) is 1.19. The van der Waals surface area contributed by atoms with Gasteiger partial charge < -0.3 is 5.32 Å². The molecular weight excluding hydrogens is 379 g/mol. The van der Waals surface area contributed by atoms with Gasteiger partial charge in [0.25, 0.3) is 0 Å². The Labute approximate surface area is 119 Å². The number of rotatable bonds is 3. The molecule has 1 rings (SSSR count). The first-order chi connectivity index (χ1) is 8.19. The third-order valence-corrected chi connectivity index (χ3v) is 3.33. The highest BCUT2D eigenvalue weighted by Crippen LogP contribution is 2.34. The van der Waals surface area contributed by atoms with E-state index in [1.807, 2.05) is 0 Å². The van der Waals surface area contributed by atoms with Gasteiger partial charge in [0.05, 0.1) is 12.5 Å². The molecule has 0 saturated carbocycles. The zero-order valence-electron chi connectivity index (χ0n) is 9.31. The summed E-state index contributed by atoms with van der Waals surface area (Å²) in [5.41, 5.74) is 0.394. The molecule has 18 heavy (non-hydrogen) atoms. The van der Waals surface area contributed by atoms with E-state index in [-0.39, 0.29) is 0 Å². The monoisotopic (exact) mass is 387 g/mol. The molecule has 0 aromatic heterocycles. The normalized spacial score (nSPS) is 13.2. The largest absolute Gasteiger partial charge is 0.391 e. The van der Waals surface area contributed by atoms with Crippen LogP contribution in [0.2, 0.25) is 0 Å². The van der Waals surface area contributed by atoms with E-state index in [1.165, 1.54) is 6.92 Å². The number of halogens is 5. The van der Waals surface area contributed by atoms with Crippen LogP contribution in [-0.4, -0.2) is 12.1 Å². The third-order valence-electron chi connectivity index (χ3n) is 2.15. The van der Waals surface area contributed by atoms with Crippen molar-refractivity contribution < 1.29 is 18.0 Å². The summed E-state index contributed by atoms with van der Waals surface area (Å²) in [4.78, 5) is 11.0. The van der Waals surface area contributed by atoms with Gasteiger partial charge in [-0.1, -0.05) is 37.9 Å². The summed E-state index contributed by atoms with van der Waals surface area (Å²) < 4.78 is 38.7. The van der Waals surface area contributed by atoms with Crippen LogP contribution in [0.1, 0.15) is 24.9 Å². The summed E-state index contributed by atoms with van der Waals surface area (Å²) in [6, 6.07) is 3.72. The van der Waals surface area contributed by atoms with Crippen LogP contribution in [0.4, 0.5) is 13.2 Å². The summed E-state index contributed by atoms with van der Waals surface area (Å²) in [5, 5.41) is 2.31. The molecule has 0 saturated heterocycles. The zero-order valence-corrected chi connectivity index (χ0v) is 12.5. The van der Waals surface area contributed by atoms with E-state index in [0.29, 0.717) is 10.0 Å². The number of benzene rings is 1. The highest BCUT2D eigenvalue weighted by atomic mass is 79.9. The number of alkyl halides is 3. The van der Waals surface area contributed by atoms with Crippen molar-refractivity contribution in [3.05, 3.63) is 32.7 Å². The molecule has 1 N–H and O–H groups in total. The number of hydrogen-bond acceptors (Lipinski definition) is 1. The van der Waals surface area contributed by atoms with Crippen molar-refractivity contribution in [2.75, 3.05) is 0 Å². The van der Waals surface area contributed by atoms with Crippen LogP contribution in [0.3, 0.4) is 0 Å². The molecule has 0 aliphatic carbocycles. The van der Waals surface area contributed by atoms with Gasteiger partial charge >= 0.3 is 6.18 Å². The first-order valence-electron chi connectivity index (χ1n) is 4.98. The average Bonchev–Trinajstić information content (AvgIpc) is 2.12. The van der Waals surface area contributed by atoms with E-state index in [1.54, 1.807) is 18.2 Å². The van der Waals surface area contributed by atoms with Crippen molar-refractivity contribution in [3.63, 3.8) is 0 Å². The molecule has 7 heteroatoms. The van der Waals surface area contributed by atoms with Crippen molar-refractivity contribution in [1.29, 1.82) is 0 Å². The number of hydrogen-bond donors (Lipinski definition) is 1. The van der Waals surface area contributed by atoms with Gasteiger partial charge in [-0.2, -0.15) is 13.2 Å². The molecule has 1 aromatic rings. The fourth-order valence-corrected chi connectivity index (χ4v) is 2.82. The first-order valence-corrected chi connectivity index (χ1v) is 6.56. The topological polar surface area (TPSA) is 29.1 Å². The van der Waals surface area contributed by atoms with E-state index in [9.17, 15) is 18.0 Å². The Bertz CT molecular complexity index is 448. The number of amides is 1. The lowest BCUT2D eigenvalue weighted by molar-refractivity contribution is -0.142. The van der Waals surface area contributed by atoms with Gasteiger partial charge in [0, 0.05) is 15.9 Å². The highest BCUT2D eigenvalue weighted by molar-refractivity contribution is 9.11. The Morgan fingerprint density at radius 2 is 2.00 bits per heavy atom. The average molecular weight is 389 g/mol. The van der Waals surface area contributed by atoms with Gasteiger partial charge in [-0.3, -0.25) is 4.79 Å². The standard InChI is InChI=1S/C11H10Br2F3NO/c1-6(18)17-10(5-11(14,15)16)8-3-2-7(12)4-9(8)13/h2-4,10H,5H2,1H3,(H,17,18). The lowest BCUT2D eigenvalue weighted by atomic mass is 10.0. The van der Waals surface area contributed by atoms with Gasteiger partial charge in [0.1, 0.15) is 0 Å². The van der Waals surface area contributed by atoms with E-state index >= 15 is 0 Å². The summed E-state index contributed by atoms with van der Waals surface area (Å²) in [7, 11) is 0. The van der Waals surface area contributed by atoms with Gasteiger partial charge in [-0.15, -0.1) is 0 Å². The highest BCUT2D eigenvalue weighted by Gasteiger charge is 2.33. The Balaban J connectivity index is 3.05. The van der Waals surface area contributed by atoms with Crippen LogP contribution in [-0.2, 0) is 4.79 Å². The Kier molecular flexibility index (Phi) is 5.21. The van der Waals surface area contributed by atoms with E-state index < -0.39 is 24.5 Å². The van der Waals surface area contributed by atoms with Crippen LogP contribution in [0.5, 0.6) is 0 Å². The van der Waals surface area contributed by atoms with Crippen LogP contribution in [0.15, 0.2) is 27.1 Å². The van der Waals surface area contributed by atoms with Crippen LogP contribution in [0, 0.1) is 0 Å². The maximum atomic E-state index is 12.5. The smallest absolute Gasteiger partial charge is 0.349 e. The molecule has 2 nitrogen and oxygen atoms in total. The Hall–Kier alpha value is -0.560. The molecule has 0 spiro atoms. The third kappa shape index (κ3) is 4.97. The Morgan fingerprint density at radius 3 is 2.44 bits per heavy atom. The minimum atomic E-state index is -4.35. The van der Waals surface area contributed by atoms with Crippen LogP contribution in [0.25, 0.3) is 0 Å². The molecule has 0 bridgehead atoms. The van der Waals surface area contributed by atoms with Crippen molar-refractivity contribution in [2.24, 2.45) is 0 Å². The van der Waals surface area contributed by atoms with Gasteiger partial charge in [0.15, 0.2) is 0 Å². The van der Waals surface area contributed by atoms with Crippen molar-refractivity contribution in [3.8, 4) is 0 Å². The summed E-state index contributed by atoms with van der Waals surface area (Å²) in [6.07, 6.45) is -5.45. The molecule has 1 atom stereocenters. The molecule has 0 fully saturated rings. The minimum absolute atomic E-state index is 0.394. The molecule has 100 valence electrons. The molecule has 1 unspecified atom stereocenters. The minimum Gasteiger partial charge on any atom is -0.349 e. The molecule has 1 amide bonds. The SMILES string of the molecule is CC(=O)NC(CC(F)(F)F)c1ccc(Br)cc1Br.